The van der Waals surface area contributed by atoms with Gasteiger partial charge in [0.2, 0.25) is 0 Å². The number of rotatable bonds is 2. The summed E-state index contributed by atoms with van der Waals surface area (Å²) < 4.78 is 0. The molecule has 3 rings (SSSR count). The minimum atomic E-state index is -0.410. The molecule has 1 atom stereocenters. The Kier molecular flexibility index (Phi) is 4.26. The van der Waals surface area contributed by atoms with Crippen molar-refractivity contribution in [2.24, 2.45) is 5.92 Å². The van der Waals surface area contributed by atoms with Crippen LogP contribution in [0.4, 0.5) is 5.69 Å². The van der Waals surface area contributed by atoms with Gasteiger partial charge in [-0.2, -0.15) is 0 Å². The lowest BCUT2D eigenvalue weighted by atomic mass is 9.87. The van der Waals surface area contributed by atoms with E-state index in [2.05, 4.69) is 17.2 Å². The minimum absolute atomic E-state index is 0.148. The molecule has 0 aliphatic heterocycles. The maximum atomic E-state index is 12.4. The number of H-pyrrole nitrogens is 1. The summed E-state index contributed by atoms with van der Waals surface area (Å²) in [6, 6.07) is 7.02. The predicted molar refractivity (Wildman–Crippen MR) is 92.4 cm³/mol. The van der Waals surface area contributed by atoms with E-state index in [9.17, 15) is 9.59 Å². The Labute approximate surface area is 139 Å². The molecule has 1 heterocycles. The summed E-state index contributed by atoms with van der Waals surface area (Å²) in [7, 11) is 0. The molecular formula is C18H19ClN2O2. The number of anilines is 1. The highest BCUT2D eigenvalue weighted by molar-refractivity contribution is 6.31. The SMILES string of the molecule is Cc1ccc(NC(=O)c2cc3c([nH]c2=O)CC[C@@H](C)C3)cc1Cl. The lowest BCUT2D eigenvalue weighted by Crippen LogP contribution is -2.27. The van der Waals surface area contributed by atoms with Crippen molar-refractivity contribution in [1.29, 1.82) is 0 Å². The molecule has 0 saturated heterocycles. The van der Waals surface area contributed by atoms with E-state index >= 15 is 0 Å². The van der Waals surface area contributed by atoms with Crippen molar-refractivity contribution in [3.8, 4) is 0 Å². The van der Waals surface area contributed by atoms with Gasteiger partial charge in [-0.15, -0.1) is 0 Å². The number of halogens is 1. The van der Waals surface area contributed by atoms with E-state index in [4.69, 9.17) is 11.6 Å². The van der Waals surface area contributed by atoms with E-state index < -0.39 is 5.91 Å². The summed E-state index contributed by atoms with van der Waals surface area (Å²) in [5, 5.41) is 3.32. The molecule has 23 heavy (non-hydrogen) atoms. The summed E-state index contributed by atoms with van der Waals surface area (Å²) >= 11 is 6.07. The van der Waals surface area contributed by atoms with Crippen molar-refractivity contribution < 1.29 is 4.79 Å². The van der Waals surface area contributed by atoms with Crippen molar-refractivity contribution in [3.05, 3.63) is 62.0 Å². The highest BCUT2D eigenvalue weighted by atomic mass is 35.5. The summed E-state index contributed by atoms with van der Waals surface area (Å²) in [5.74, 6) is 0.160. The Morgan fingerprint density at radius 2 is 2.13 bits per heavy atom. The first-order valence-electron chi connectivity index (χ1n) is 7.76. The largest absolute Gasteiger partial charge is 0.325 e. The third kappa shape index (κ3) is 3.32. The third-order valence-corrected chi connectivity index (χ3v) is 4.75. The first-order valence-corrected chi connectivity index (χ1v) is 8.14. The first kappa shape index (κ1) is 15.8. The molecule has 0 radical (unpaired) electrons. The molecule has 4 nitrogen and oxygen atoms in total. The molecule has 0 bridgehead atoms. The van der Waals surface area contributed by atoms with E-state index in [1.165, 1.54) is 0 Å². The number of aryl methyl sites for hydroxylation is 2. The molecule has 2 aromatic rings. The molecule has 0 spiro atoms. The fraction of sp³-hybridized carbons (Fsp3) is 0.333. The van der Waals surface area contributed by atoms with Gasteiger partial charge in [-0.3, -0.25) is 9.59 Å². The number of hydrogen-bond acceptors (Lipinski definition) is 2. The van der Waals surface area contributed by atoms with Gasteiger partial charge in [0, 0.05) is 16.4 Å². The fourth-order valence-electron chi connectivity index (χ4n) is 2.92. The molecule has 1 aliphatic carbocycles. The molecule has 2 N–H and O–H groups in total. The number of aromatic amines is 1. The molecule has 1 amide bonds. The smallest absolute Gasteiger partial charge is 0.261 e. The Balaban J connectivity index is 1.88. The van der Waals surface area contributed by atoms with E-state index in [0.29, 0.717) is 16.6 Å². The van der Waals surface area contributed by atoms with Gasteiger partial charge in [-0.05, 0) is 61.4 Å². The van der Waals surface area contributed by atoms with Gasteiger partial charge >= 0.3 is 0 Å². The lowest BCUT2D eigenvalue weighted by molar-refractivity contribution is 0.102. The number of nitrogens with one attached hydrogen (secondary N) is 2. The monoisotopic (exact) mass is 330 g/mol. The van der Waals surface area contributed by atoms with Gasteiger partial charge < -0.3 is 10.3 Å². The zero-order valence-corrected chi connectivity index (χ0v) is 14.0. The topological polar surface area (TPSA) is 62.0 Å². The van der Waals surface area contributed by atoms with Crippen LogP contribution in [0.1, 0.15) is 40.5 Å². The molecule has 1 aromatic carbocycles. The Morgan fingerprint density at radius 3 is 2.87 bits per heavy atom. The van der Waals surface area contributed by atoms with Crippen LogP contribution in [0, 0.1) is 12.8 Å². The molecule has 0 fully saturated rings. The molecular weight excluding hydrogens is 312 g/mol. The third-order valence-electron chi connectivity index (χ3n) is 4.35. The van der Waals surface area contributed by atoms with Crippen LogP contribution in [-0.4, -0.2) is 10.9 Å². The highest BCUT2D eigenvalue weighted by Crippen LogP contribution is 2.24. The minimum Gasteiger partial charge on any atom is -0.325 e. The van der Waals surface area contributed by atoms with Crippen LogP contribution in [0.3, 0.4) is 0 Å². The Hall–Kier alpha value is -2.07. The van der Waals surface area contributed by atoms with E-state index in [0.717, 1.165) is 36.1 Å². The van der Waals surface area contributed by atoms with Crippen LogP contribution in [0.15, 0.2) is 29.1 Å². The van der Waals surface area contributed by atoms with Crippen molar-refractivity contribution in [1.82, 2.24) is 4.98 Å². The van der Waals surface area contributed by atoms with Crippen molar-refractivity contribution in [3.63, 3.8) is 0 Å². The van der Waals surface area contributed by atoms with Gasteiger partial charge in [0.25, 0.3) is 11.5 Å². The summed E-state index contributed by atoms with van der Waals surface area (Å²) in [6.45, 7) is 4.07. The second-order valence-corrected chi connectivity index (χ2v) is 6.69. The van der Waals surface area contributed by atoms with Gasteiger partial charge in [-0.1, -0.05) is 24.6 Å². The summed E-state index contributed by atoms with van der Waals surface area (Å²) in [5.41, 5.74) is 3.35. The second-order valence-electron chi connectivity index (χ2n) is 6.28. The average Bonchev–Trinajstić information content (AvgIpc) is 2.50. The van der Waals surface area contributed by atoms with Crippen LogP contribution in [0.5, 0.6) is 0 Å². The van der Waals surface area contributed by atoms with Crippen LogP contribution >= 0.6 is 11.6 Å². The van der Waals surface area contributed by atoms with Gasteiger partial charge in [0.1, 0.15) is 5.56 Å². The summed E-state index contributed by atoms with van der Waals surface area (Å²) in [4.78, 5) is 27.5. The highest BCUT2D eigenvalue weighted by Gasteiger charge is 2.20. The zero-order valence-electron chi connectivity index (χ0n) is 13.2. The average molecular weight is 331 g/mol. The fourth-order valence-corrected chi connectivity index (χ4v) is 3.10. The van der Waals surface area contributed by atoms with E-state index in [1.54, 1.807) is 18.2 Å². The maximum absolute atomic E-state index is 12.4. The number of fused-ring (bicyclic) bond motifs is 1. The summed E-state index contributed by atoms with van der Waals surface area (Å²) in [6.07, 6.45) is 2.82. The molecule has 0 unspecified atom stereocenters. The first-order chi connectivity index (χ1) is 10.9. The number of carbonyl (C=O) groups is 1. The normalized spacial score (nSPS) is 16.7. The van der Waals surface area contributed by atoms with Crippen LogP contribution < -0.4 is 10.9 Å². The Morgan fingerprint density at radius 1 is 1.35 bits per heavy atom. The maximum Gasteiger partial charge on any atom is 0.261 e. The van der Waals surface area contributed by atoms with Crippen molar-refractivity contribution in [2.45, 2.75) is 33.1 Å². The van der Waals surface area contributed by atoms with Crippen LogP contribution in [-0.2, 0) is 12.8 Å². The Bertz CT molecular complexity index is 826. The number of pyridine rings is 1. The number of carbonyl (C=O) groups excluding carboxylic acids is 1. The van der Waals surface area contributed by atoms with E-state index in [1.807, 2.05) is 13.0 Å². The number of amides is 1. The van der Waals surface area contributed by atoms with Crippen LogP contribution in [0.25, 0.3) is 0 Å². The predicted octanol–water partition coefficient (Wildman–Crippen LogP) is 3.71. The quantitative estimate of drug-likeness (QED) is 0.881. The molecule has 0 saturated carbocycles. The second kappa shape index (κ2) is 6.20. The van der Waals surface area contributed by atoms with Crippen molar-refractivity contribution >= 4 is 23.2 Å². The number of hydrogen-bond donors (Lipinski definition) is 2. The van der Waals surface area contributed by atoms with Crippen LogP contribution in [0.2, 0.25) is 5.02 Å². The van der Waals surface area contributed by atoms with Gasteiger partial charge in [0.15, 0.2) is 0 Å². The van der Waals surface area contributed by atoms with Gasteiger partial charge in [-0.25, -0.2) is 0 Å². The molecule has 1 aliphatic rings. The molecule has 120 valence electrons. The molecule has 5 heteroatoms. The lowest BCUT2D eigenvalue weighted by Gasteiger charge is -2.21. The molecule has 1 aromatic heterocycles. The standard InChI is InChI=1S/C18H19ClN2O2/c1-10-3-6-16-12(7-10)8-14(18(23)21-16)17(22)20-13-5-4-11(2)15(19)9-13/h4-5,8-10H,3,6-7H2,1-2H3,(H,20,22)(H,21,23)/t10-/m1/s1. The number of benzene rings is 1. The van der Waals surface area contributed by atoms with Crippen molar-refractivity contribution in [2.75, 3.05) is 5.32 Å². The van der Waals surface area contributed by atoms with E-state index in [-0.39, 0.29) is 11.1 Å². The zero-order chi connectivity index (χ0) is 16.6. The number of aromatic nitrogens is 1. The van der Waals surface area contributed by atoms with Gasteiger partial charge in [0.05, 0.1) is 0 Å².